The summed E-state index contributed by atoms with van der Waals surface area (Å²) in [6.45, 7) is 1.74. The van der Waals surface area contributed by atoms with E-state index in [9.17, 15) is 17.6 Å². The Bertz CT molecular complexity index is 572. The first-order valence-electron chi connectivity index (χ1n) is 5.32. The van der Waals surface area contributed by atoms with Crippen LogP contribution in [0.5, 0.6) is 0 Å². The van der Waals surface area contributed by atoms with E-state index in [1.807, 2.05) is 0 Å². The van der Waals surface area contributed by atoms with Crippen LogP contribution in [0.25, 0.3) is 0 Å². The smallest absolute Gasteiger partial charge is 0.338 e. The van der Waals surface area contributed by atoms with Gasteiger partial charge in [0.15, 0.2) is 0 Å². The number of rotatable bonds is 6. The van der Waals surface area contributed by atoms with Crippen molar-refractivity contribution >= 4 is 16.0 Å². The second-order valence-corrected chi connectivity index (χ2v) is 5.64. The van der Waals surface area contributed by atoms with E-state index in [0.29, 0.717) is 0 Å². The molecule has 2 N–H and O–H groups in total. The standard InChI is InChI=1S/C11H14FNO5S/c1-7(6-18-2)13-19(16,17)8-3-4-10(12)9(5-8)11(14)15/h3-5,7,13H,6H2,1-2H3,(H,14,15). The molecule has 0 saturated carbocycles. The van der Waals surface area contributed by atoms with Gasteiger partial charge in [0.25, 0.3) is 0 Å². The highest BCUT2D eigenvalue weighted by molar-refractivity contribution is 7.89. The molecule has 0 aliphatic heterocycles. The van der Waals surface area contributed by atoms with E-state index in [4.69, 9.17) is 9.84 Å². The molecule has 0 radical (unpaired) electrons. The van der Waals surface area contributed by atoms with Crippen LogP contribution in [0, 0.1) is 5.82 Å². The van der Waals surface area contributed by atoms with Crippen molar-refractivity contribution in [2.45, 2.75) is 17.9 Å². The van der Waals surface area contributed by atoms with Crippen molar-refractivity contribution in [2.24, 2.45) is 0 Å². The molecule has 0 amide bonds. The molecule has 1 aromatic rings. The number of carbonyl (C=O) groups is 1. The molecule has 0 saturated heterocycles. The summed E-state index contributed by atoms with van der Waals surface area (Å²) in [6.07, 6.45) is 0. The van der Waals surface area contributed by atoms with Crippen molar-refractivity contribution in [1.29, 1.82) is 0 Å². The third-order valence-electron chi connectivity index (χ3n) is 2.25. The molecule has 1 unspecified atom stereocenters. The largest absolute Gasteiger partial charge is 0.478 e. The van der Waals surface area contributed by atoms with Gasteiger partial charge in [-0.2, -0.15) is 0 Å². The van der Waals surface area contributed by atoms with Gasteiger partial charge in [-0.3, -0.25) is 0 Å². The highest BCUT2D eigenvalue weighted by atomic mass is 32.2. The number of aromatic carboxylic acids is 1. The van der Waals surface area contributed by atoms with Crippen LogP contribution in [-0.4, -0.2) is 39.3 Å². The van der Waals surface area contributed by atoms with Crippen LogP contribution < -0.4 is 4.72 Å². The van der Waals surface area contributed by atoms with Gasteiger partial charge in [-0.05, 0) is 25.1 Å². The lowest BCUT2D eigenvalue weighted by atomic mass is 10.2. The summed E-state index contributed by atoms with van der Waals surface area (Å²) in [6, 6.07) is 2.09. The number of carboxylic acids is 1. The maximum absolute atomic E-state index is 13.2. The Kier molecular flexibility index (Phi) is 4.98. The van der Waals surface area contributed by atoms with Crippen molar-refractivity contribution in [3.8, 4) is 0 Å². The molecule has 8 heteroatoms. The Hall–Kier alpha value is -1.51. The molecule has 0 aliphatic rings. The fraction of sp³-hybridized carbons (Fsp3) is 0.364. The van der Waals surface area contributed by atoms with Crippen LogP contribution in [0.3, 0.4) is 0 Å². The van der Waals surface area contributed by atoms with Gasteiger partial charge < -0.3 is 9.84 Å². The first kappa shape index (κ1) is 15.5. The first-order chi connectivity index (χ1) is 8.77. The Balaban J connectivity index is 3.08. The predicted octanol–water partition coefficient (Wildman–Crippen LogP) is 0.837. The van der Waals surface area contributed by atoms with Crippen molar-refractivity contribution in [3.63, 3.8) is 0 Å². The lowest BCUT2D eigenvalue weighted by Crippen LogP contribution is -2.35. The van der Waals surface area contributed by atoms with Gasteiger partial charge in [0.1, 0.15) is 5.82 Å². The van der Waals surface area contributed by atoms with E-state index in [0.717, 1.165) is 18.2 Å². The Labute approximate surface area is 110 Å². The van der Waals surface area contributed by atoms with E-state index in [1.165, 1.54) is 7.11 Å². The number of benzene rings is 1. The number of halogens is 1. The van der Waals surface area contributed by atoms with Crippen LogP contribution in [0.15, 0.2) is 23.1 Å². The van der Waals surface area contributed by atoms with Gasteiger partial charge in [-0.1, -0.05) is 0 Å². The second-order valence-electron chi connectivity index (χ2n) is 3.92. The van der Waals surface area contributed by atoms with Crippen LogP contribution in [0.1, 0.15) is 17.3 Å². The minimum Gasteiger partial charge on any atom is -0.478 e. The van der Waals surface area contributed by atoms with Crippen LogP contribution >= 0.6 is 0 Å². The number of ether oxygens (including phenoxy) is 1. The summed E-state index contributed by atoms with van der Waals surface area (Å²) in [7, 11) is -2.49. The van der Waals surface area contributed by atoms with Crippen molar-refractivity contribution in [3.05, 3.63) is 29.6 Å². The van der Waals surface area contributed by atoms with Gasteiger partial charge in [-0.25, -0.2) is 22.3 Å². The van der Waals surface area contributed by atoms with Gasteiger partial charge >= 0.3 is 5.97 Å². The quantitative estimate of drug-likeness (QED) is 0.810. The topological polar surface area (TPSA) is 92.7 Å². The second kappa shape index (κ2) is 6.09. The van der Waals surface area contributed by atoms with E-state index < -0.39 is 33.4 Å². The van der Waals surface area contributed by atoms with Crippen LogP contribution in [0.2, 0.25) is 0 Å². The van der Waals surface area contributed by atoms with Gasteiger partial charge in [0, 0.05) is 13.2 Å². The maximum atomic E-state index is 13.2. The molecule has 0 aliphatic carbocycles. The lowest BCUT2D eigenvalue weighted by Gasteiger charge is -2.13. The highest BCUT2D eigenvalue weighted by Gasteiger charge is 2.20. The van der Waals surface area contributed by atoms with Gasteiger partial charge in [0.2, 0.25) is 10.0 Å². The van der Waals surface area contributed by atoms with Crippen molar-refractivity contribution in [1.82, 2.24) is 4.72 Å². The molecule has 6 nitrogen and oxygen atoms in total. The molecule has 0 heterocycles. The van der Waals surface area contributed by atoms with E-state index in [-0.39, 0.29) is 11.5 Å². The minimum absolute atomic E-state index is 0.159. The average Bonchev–Trinajstić information content (AvgIpc) is 2.28. The number of nitrogens with one attached hydrogen (secondary N) is 1. The lowest BCUT2D eigenvalue weighted by molar-refractivity contribution is 0.0691. The highest BCUT2D eigenvalue weighted by Crippen LogP contribution is 2.15. The molecule has 0 fully saturated rings. The number of methoxy groups -OCH3 is 1. The number of hydrogen-bond donors (Lipinski definition) is 2. The van der Waals surface area contributed by atoms with Gasteiger partial charge in [0.05, 0.1) is 17.1 Å². The molecular weight excluding hydrogens is 277 g/mol. The molecule has 1 aromatic carbocycles. The molecule has 19 heavy (non-hydrogen) atoms. The number of sulfonamides is 1. The zero-order valence-electron chi connectivity index (χ0n) is 10.4. The third-order valence-corrected chi connectivity index (χ3v) is 3.84. The number of carboxylic acid groups (broad SMARTS) is 1. The van der Waals surface area contributed by atoms with E-state index in [1.54, 1.807) is 6.92 Å². The summed E-state index contributed by atoms with van der Waals surface area (Å²) in [4.78, 5) is 10.4. The first-order valence-corrected chi connectivity index (χ1v) is 6.80. The molecular formula is C11H14FNO5S. The maximum Gasteiger partial charge on any atom is 0.338 e. The third kappa shape index (κ3) is 3.98. The summed E-state index contributed by atoms with van der Waals surface area (Å²) in [5, 5.41) is 8.75. The average molecular weight is 291 g/mol. The Morgan fingerprint density at radius 1 is 1.53 bits per heavy atom. The number of hydrogen-bond acceptors (Lipinski definition) is 4. The fourth-order valence-corrected chi connectivity index (χ4v) is 2.71. The van der Waals surface area contributed by atoms with E-state index >= 15 is 0 Å². The monoisotopic (exact) mass is 291 g/mol. The molecule has 0 aromatic heterocycles. The molecule has 0 bridgehead atoms. The Morgan fingerprint density at radius 3 is 2.68 bits per heavy atom. The zero-order chi connectivity index (χ0) is 14.6. The van der Waals surface area contributed by atoms with Crippen LogP contribution in [-0.2, 0) is 14.8 Å². The zero-order valence-corrected chi connectivity index (χ0v) is 11.2. The normalized spacial score (nSPS) is 13.2. The molecule has 1 rings (SSSR count). The summed E-state index contributed by atoms with van der Waals surface area (Å²) in [5.74, 6) is -2.52. The Morgan fingerprint density at radius 2 is 2.16 bits per heavy atom. The van der Waals surface area contributed by atoms with Gasteiger partial charge in [-0.15, -0.1) is 0 Å². The predicted molar refractivity (Wildman–Crippen MR) is 65.0 cm³/mol. The SMILES string of the molecule is COCC(C)NS(=O)(=O)c1ccc(F)c(C(=O)O)c1. The summed E-state index contributed by atoms with van der Waals surface area (Å²) >= 11 is 0. The molecule has 1 atom stereocenters. The van der Waals surface area contributed by atoms with E-state index in [2.05, 4.69) is 4.72 Å². The molecule has 106 valence electrons. The van der Waals surface area contributed by atoms with Crippen LogP contribution in [0.4, 0.5) is 4.39 Å². The van der Waals surface area contributed by atoms with Crippen molar-refractivity contribution < 1.29 is 27.4 Å². The fourth-order valence-electron chi connectivity index (χ4n) is 1.45. The molecule has 0 spiro atoms. The van der Waals surface area contributed by atoms with Crippen molar-refractivity contribution in [2.75, 3.05) is 13.7 Å². The minimum atomic E-state index is -3.91. The summed E-state index contributed by atoms with van der Waals surface area (Å²) in [5.41, 5.74) is -0.692. The summed E-state index contributed by atoms with van der Waals surface area (Å²) < 4.78 is 44.1.